The van der Waals surface area contributed by atoms with Crippen LogP contribution in [0.5, 0.6) is 11.5 Å². The third-order valence-corrected chi connectivity index (χ3v) is 5.11. The lowest BCUT2D eigenvalue weighted by atomic mass is 10.1. The number of methoxy groups -OCH3 is 2. The van der Waals surface area contributed by atoms with Gasteiger partial charge in [-0.2, -0.15) is 18.2 Å². The van der Waals surface area contributed by atoms with E-state index in [2.05, 4.69) is 10.9 Å². The second-order valence-corrected chi connectivity index (χ2v) is 6.85. The molecule has 0 aliphatic carbocycles. The number of carbonyl (C=O) groups is 1. The number of ether oxygens (including phenoxy) is 2. The van der Waals surface area contributed by atoms with Gasteiger partial charge in [-0.25, -0.2) is 0 Å². The first-order valence-electron chi connectivity index (χ1n) is 8.23. The minimum atomic E-state index is -4.55. The molecule has 5 nitrogen and oxygen atoms in total. The highest BCUT2D eigenvalue weighted by Crippen LogP contribution is 2.33. The number of carbonyl (C=O) groups excluding carboxylic acids is 1. The summed E-state index contributed by atoms with van der Waals surface area (Å²) >= 11 is 1.17. The molecule has 0 spiro atoms. The van der Waals surface area contributed by atoms with Gasteiger partial charge in [0, 0.05) is 17.7 Å². The maximum Gasteiger partial charge on any atom is 0.416 e. The van der Waals surface area contributed by atoms with Gasteiger partial charge in [-0.3, -0.25) is 4.79 Å². The van der Waals surface area contributed by atoms with Crippen LogP contribution in [0.15, 0.2) is 41.4 Å². The van der Waals surface area contributed by atoms with Gasteiger partial charge in [0.25, 0.3) is 5.91 Å². The summed E-state index contributed by atoms with van der Waals surface area (Å²) in [6.07, 6.45) is 0.891. The molecule has 0 saturated carbocycles. The van der Waals surface area contributed by atoms with Crippen molar-refractivity contribution in [3.05, 3.63) is 52.3 Å². The highest BCUT2D eigenvalue weighted by atomic mass is 32.1. The minimum Gasteiger partial charge on any atom is -0.493 e. The van der Waals surface area contributed by atoms with Gasteiger partial charge < -0.3 is 14.0 Å². The molecule has 3 rings (SSSR count). The summed E-state index contributed by atoms with van der Waals surface area (Å²) in [6.45, 7) is 0.115. The number of halogens is 3. The average molecular weight is 420 g/mol. The molecule has 29 heavy (non-hydrogen) atoms. The van der Waals surface area contributed by atoms with Crippen molar-refractivity contribution in [3.63, 3.8) is 0 Å². The normalized spacial score (nSPS) is 12.1. The van der Waals surface area contributed by atoms with Crippen LogP contribution in [0.2, 0.25) is 0 Å². The van der Waals surface area contributed by atoms with E-state index in [4.69, 9.17) is 15.9 Å². The number of amides is 1. The third kappa shape index (κ3) is 4.12. The van der Waals surface area contributed by atoms with E-state index in [1.807, 2.05) is 0 Å². The molecule has 0 fully saturated rings. The van der Waals surface area contributed by atoms with Crippen molar-refractivity contribution < 1.29 is 27.4 Å². The van der Waals surface area contributed by atoms with Crippen LogP contribution >= 0.6 is 11.3 Å². The lowest BCUT2D eigenvalue weighted by Gasteiger charge is -2.08. The molecule has 0 N–H and O–H groups in total. The number of terminal acetylenes is 1. The van der Waals surface area contributed by atoms with Crippen LogP contribution in [0.4, 0.5) is 13.2 Å². The Kier molecular flexibility index (Phi) is 5.66. The Labute approximate surface area is 168 Å². The van der Waals surface area contributed by atoms with Crippen LogP contribution in [0.1, 0.15) is 15.9 Å². The standard InChI is InChI=1S/C20H15F3N2O3S/c1-4-8-25-14-10-15(27-2)16(28-3)11-17(14)29-19(25)24-18(26)12-6-5-7-13(9-12)20(21,22)23/h1,5-7,9-11H,8H2,2-3H3. The van der Waals surface area contributed by atoms with E-state index >= 15 is 0 Å². The summed E-state index contributed by atoms with van der Waals surface area (Å²) < 4.78 is 51.7. The Balaban J connectivity index is 2.16. The van der Waals surface area contributed by atoms with Crippen molar-refractivity contribution in [2.45, 2.75) is 12.7 Å². The molecule has 0 aliphatic rings. The molecular weight excluding hydrogens is 405 g/mol. The van der Waals surface area contributed by atoms with E-state index in [0.717, 1.165) is 16.8 Å². The molecule has 2 aromatic carbocycles. The lowest BCUT2D eigenvalue weighted by molar-refractivity contribution is -0.137. The maximum atomic E-state index is 12.9. The van der Waals surface area contributed by atoms with Crippen LogP contribution in [-0.4, -0.2) is 24.7 Å². The molecule has 0 saturated heterocycles. The van der Waals surface area contributed by atoms with E-state index in [1.165, 1.54) is 37.7 Å². The quantitative estimate of drug-likeness (QED) is 0.597. The second-order valence-electron chi connectivity index (χ2n) is 5.85. The first-order valence-corrected chi connectivity index (χ1v) is 9.05. The highest BCUT2D eigenvalue weighted by Gasteiger charge is 2.30. The Hall–Kier alpha value is -3.25. The van der Waals surface area contributed by atoms with Gasteiger partial charge in [-0.1, -0.05) is 23.3 Å². The number of hydrogen-bond acceptors (Lipinski definition) is 4. The molecule has 1 amide bonds. The van der Waals surface area contributed by atoms with E-state index < -0.39 is 17.6 Å². The van der Waals surface area contributed by atoms with Crippen LogP contribution in [-0.2, 0) is 12.7 Å². The summed E-state index contributed by atoms with van der Waals surface area (Å²) in [5.74, 6) is 2.65. The molecular formula is C20H15F3N2O3S. The van der Waals surface area contributed by atoms with Crippen LogP contribution < -0.4 is 14.3 Å². The number of benzene rings is 2. The van der Waals surface area contributed by atoms with Crippen molar-refractivity contribution in [3.8, 4) is 23.8 Å². The fourth-order valence-electron chi connectivity index (χ4n) is 2.71. The monoisotopic (exact) mass is 420 g/mol. The molecule has 0 atom stereocenters. The summed E-state index contributed by atoms with van der Waals surface area (Å²) in [7, 11) is 2.99. The minimum absolute atomic E-state index is 0.115. The predicted molar refractivity (Wildman–Crippen MR) is 103 cm³/mol. The molecule has 0 radical (unpaired) electrons. The zero-order valence-corrected chi connectivity index (χ0v) is 16.2. The molecule has 150 valence electrons. The molecule has 1 aromatic heterocycles. The zero-order chi connectivity index (χ0) is 21.2. The van der Waals surface area contributed by atoms with E-state index in [1.54, 1.807) is 16.7 Å². The van der Waals surface area contributed by atoms with Crippen molar-refractivity contribution >= 4 is 27.5 Å². The number of rotatable bonds is 4. The number of thiazole rings is 1. The number of fused-ring (bicyclic) bond motifs is 1. The second kappa shape index (κ2) is 8.01. The van der Waals surface area contributed by atoms with Gasteiger partial charge >= 0.3 is 6.18 Å². The SMILES string of the molecule is C#CCn1c(=NC(=O)c2cccc(C(F)(F)F)c2)sc2cc(OC)c(OC)cc21. The predicted octanol–water partition coefficient (Wildman–Crippen LogP) is 4.11. The Morgan fingerprint density at radius 3 is 2.52 bits per heavy atom. The number of alkyl halides is 3. The topological polar surface area (TPSA) is 52.8 Å². The van der Waals surface area contributed by atoms with Crippen LogP contribution in [0.3, 0.4) is 0 Å². The van der Waals surface area contributed by atoms with Crippen LogP contribution in [0, 0.1) is 12.3 Å². The van der Waals surface area contributed by atoms with Gasteiger partial charge in [-0.05, 0) is 18.2 Å². The maximum absolute atomic E-state index is 12.9. The average Bonchev–Trinajstić information content (AvgIpc) is 3.02. The zero-order valence-electron chi connectivity index (χ0n) is 15.4. The highest BCUT2D eigenvalue weighted by molar-refractivity contribution is 7.16. The first-order chi connectivity index (χ1) is 13.8. The smallest absolute Gasteiger partial charge is 0.416 e. The van der Waals surface area contributed by atoms with E-state index in [-0.39, 0.29) is 16.9 Å². The van der Waals surface area contributed by atoms with Gasteiger partial charge in [0.1, 0.15) is 0 Å². The molecule has 0 unspecified atom stereocenters. The van der Waals surface area contributed by atoms with E-state index in [9.17, 15) is 18.0 Å². The molecule has 0 aliphatic heterocycles. The number of aromatic nitrogens is 1. The largest absolute Gasteiger partial charge is 0.493 e. The number of hydrogen-bond donors (Lipinski definition) is 0. The number of nitrogens with zero attached hydrogens (tertiary/aromatic N) is 2. The summed E-state index contributed by atoms with van der Waals surface area (Å²) in [4.78, 5) is 16.8. The van der Waals surface area contributed by atoms with Gasteiger partial charge in [0.05, 0.1) is 36.5 Å². The Morgan fingerprint density at radius 1 is 1.21 bits per heavy atom. The Bertz CT molecular complexity index is 1190. The van der Waals surface area contributed by atoms with Crippen molar-refractivity contribution in [1.82, 2.24) is 4.57 Å². The van der Waals surface area contributed by atoms with Gasteiger partial charge in [0.15, 0.2) is 16.3 Å². The fraction of sp³-hybridized carbons (Fsp3) is 0.200. The van der Waals surface area contributed by atoms with E-state index in [0.29, 0.717) is 17.0 Å². The fourth-order valence-corrected chi connectivity index (χ4v) is 3.74. The van der Waals surface area contributed by atoms with Gasteiger partial charge in [0.2, 0.25) is 0 Å². The van der Waals surface area contributed by atoms with Gasteiger partial charge in [-0.15, -0.1) is 6.42 Å². The molecule has 3 aromatic rings. The van der Waals surface area contributed by atoms with Crippen LogP contribution in [0.25, 0.3) is 10.2 Å². The third-order valence-electron chi connectivity index (χ3n) is 4.07. The summed E-state index contributed by atoms with van der Waals surface area (Å²) in [6, 6.07) is 7.55. The van der Waals surface area contributed by atoms with Crippen molar-refractivity contribution in [2.75, 3.05) is 14.2 Å². The first kappa shape index (κ1) is 20.5. The molecule has 1 heterocycles. The summed E-state index contributed by atoms with van der Waals surface area (Å²) in [5, 5.41) is 0. The Morgan fingerprint density at radius 2 is 1.90 bits per heavy atom. The lowest BCUT2D eigenvalue weighted by Crippen LogP contribution is -2.16. The van der Waals surface area contributed by atoms with Crippen molar-refractivity contribution in [1.29, 1.82) is 0 Å². The van der Waals surface area contributed by atoms with Crippen molar-refractivity contribution in [2.24, 2.45) is 4.99 Å². The molecule has 9 heteroatoms. The summed E-state index contributed by atoms with van der Waals surface area (Å²) in [5.41, 5.74) is -0.415. The molecule has 0 bridgehead atoms.